The lowest BCUT2D eigenvalue weighted by molar-refractivity contribution is 0.284. The van der Waals surface area contributed by atoms with Crippen LogP contribution in [0, 0.1) is 0 Å². The van der Waals surface area contributed by atoms with E-state index in [0.717, 1.165) is 22.6 Å². The molecule has 2 nitrogen and oxygen atoms in total. The van der Waals surface area contributed by atoms with Crippen LogP contribution in [0.4, 0.5) is 0 Å². The van der Waals surface area contributed by atoms with Gasteiger partial charge < -0.3 is 9.47 Å². The van der Waals surface area contributed by atoms with E-state index < -0.39 is 0 Å². The number of hydrogen-bond acceptors (Lipinski definition) is 2. The van der Waals surface area contributed by atoms with E-state index in [4.69, 9.17) is 21.1 Å². The maximum absolute atomic E-state index is 5.87. The maximum atomic E-state index is 5.87. The summed E-state index contributed by atoms with van der Waals surface area (Å²) in [5, 5.41) is 0. The van der Waals surface area contributed by atoms with Crippen molar-refractivity contribution in [1.29, 1.82) is 0 Å². The molecule has 2 aromatic rings. The quantitative estimate of drug-likeness (QED) is 0.688. The summed E-state index contributed by atoms with van der Waals surface area (Å²) in [5.41, 5.74) is 3.49. The SMILES string of the molecule is COc1ccc(CCl)cc1OCc1ccc(C(C)C)cc1. The Balaban J connectivity index is 2.08. The van der Waals surface area contributed by atoms with Crippen molar-refractivity contribution in [3.8, 4) is 11.5 Å². The van der Waals surface area contributed by atoms with Gasteiger partial charge in [-0.05, 0) is 34.7 Å². The van der Waals surface area contributed by atoms with E-state index in [1.807, 2.05) is 18.2 Å². The van der Waals surface area contributed by atoms with Crippen molar-refractivity contribution in [3.63, 3.8) is 0 Å². The van der Waals surface area contributed by atoms with E-state index in [1.54, 1.807) is 7.11 Å². The Labute approximate surface area is 131 Å². The number of rotatable bonds is 6. The van der Waals surface area contributed by atoms with Gasteiger partial charge in [-0.1, -0.05) is 44.2 Å². The van der Waals surface area contributed by atoms with Gasteiger partial charge in [-0.3, -0.25) is 0 Å². The van der Waals surface area contributed by atoms with E-state index in [9.17, 15) is 0 Å². The van der Waals surface area contributed by atoms with Gasteiger partial charge in [-0.2, -0.15) is 0 Å². The molecule has 0 bridgehead atoms. The van der Waals surface area contributed by atoms with Gasteiger partial charge in [0.2, 0.25) is 0 Å². The molecule has 0 aliphatic heterocycles. The van der Waals surface area contributed by atoms with E-state index >= 15 is 0 Å². The highest BCUT2D eigenvalue weighted by Crippen LogP contribution is 2.29. The van der Waals surface area contributed by atoms with E-state index in [-0.39, 0.29) is 0 Å². The highest BCUT2D eigenvalue weighted by atomic mass is 35.5. The largest absolute Gasteiger partial charge is 0.493 e. The van der Waals surface area contributed by atoms with E-state index in [2.05, 4.69) is 38.1 Å². The fourth-order valence-electron chi connectivity index (χ4n) is 2.08. The van der Waals surface area contributed by atoms with Crippen LogP contribution in [0.1, 0.15) is 36.5 Å². The maximum Gasteiger partial charge on any atom is 0.161 e. The number of methoxy groups -OCH3 is 1. The second-order valence-corrected chi connectivity index (χ2v) is 5.57. The molecule has 0 saturated heterocycles. The average Bonchev–Trinajstić information content (AvgIpc) is 2.52. The van der Waals surface area contributed by atoms with Crippen LogP contribution in [0.15, 0.2) is 42.5 Å². The van der Waals surface area contributed by atoms with Gasteiger partial charge >= 0.3 is 0 Å². The number of halogens is 1. The third-order valence-electron chi connectivity index (χ3n) is 3.42. The molecule has 21 heavy (non-hydrogen) atoms. The molecule has 0 unspecified atom stereocenters. The fraction of sp³-hybridized carbons (Fsp3) is 0.333. The summed E-state index contributed by atoms with van der Waals surface area (Å²) < 4.78 is 11.2. The third kappa shape index (κ3) is 4.15. The number of benzene rings is 2. The molecule has 0 spiro atoms. The molecule has 0 fully saturated rings. The normalized spacial score (nSPS) is 10.7. The molecule has 0 heterocycles. The molecule has 2 aromatic carbocycles. The molecule has 0 atom stereocenters. The highest BCUT2D eigenvalue weighted by Gasteiger charge is 2.06. The predicted molar refractivity (Wildman–Crippen MR) is 87.4 cm³/mol. The van der Waals surface area contributed by atoms with Crippen molar-refractivity contribution in [3.05, 3.63) is 59.2 Å². The van der Waals surface area contributed by atoms with Gasteiger partial charge in [0, 0.05) is 5.88 Å². The average molecular weight is 305 g/mol. The standard InChI is InChI=1S/C18H21ClO2/c1-13(2)16-7-4-14(5-8-16)12-21-18-10-15(11-19)6-9-17(18)20-3/h4-10,13H,11-12H2,1-3H3. The van der Waals surface area contributed by atoms with E-state index in [0.29, 0.717) is 18.4 Å². The zero-order valence-electron chi connectivity index (χ0n) is 12.7. The van der Waals surface area contributed by atoms with Gasteiger partial charge in [-0.25, -0.2) is 0 Å². The molecule has 0 aliphatic rings. The minimum Gasteiger partial charge on any atom is -0.493 e. The lowest BCUT2D eigenvalue weighted by atomic mass is 10.0. The zero-order chi connectivity index (χ0) is 15.2. The predicted octanol–water partition coefficient (Wildman–Crippen LogP) is 5.14. The Kier molecular flexibility index (Phi) is 5.51. The van der Waals surface area contributed by atoms with Crippen LogP contribution in [0.25, 0.3) is 0 Å². The fourth-order valence-corrected chi connectivity index (χ4v) is 2.24. The molecule has 2 rings (SSSR count). The van der Waals surface area contributed by atoms with Crippen LogP contribution in [0.5, 0.6) is 11.5 Å². The van der Waals surface area contributed by atoms with Crippen LogP contribution in [0.3, 0.4) is 0 Å². The first-order valence-electron chi connectivity index (χ1n) is 7.08. The Morgan fingerprint density at radius 2 is 1.62 bits per heavy atom. The first-order chi connectivity index (χ1) is 10.1. The summed E-state index contributed by atoms with van der Waals surface area (Å²) in [7, 11) is 1.64. The molecule has 0 aliphatic carbocycles. The molecule has 0 saturated carbocycles. The lowest BCUT2D eigenvalue weighted by Crippen LogP contribution is -1.99. The van der Waals surface area contributed by atoms with Crippen LogP contribution in [-0.2, 0) is 12.5 Å². The van der Waals surface area contributed by atoms with Gasteiger partial charge in [0.05, 0.1) is 7.11 Å². The molecule has 0 radical (unpaired) electrons. The minimum atomic E-state index is 0.462. The van der Waals surface area contributed by atoms with Crippen LogP contribution >= 0.6 is 11.6 Å². The number of ether oxygens (including phenoxy) is 2. The molecule has 112 valence electrons. The Morgan fingerprint density at radius 1 is 0.952 bits per heavy atom. The monoisotopic (exact) mass is 304 g/mol. The molecule has 0 aromatic heterocycles. The minimum absolute atomic E-state index is 0.462. The zero-order valence-corrected chi connectivity index (χ0v) is 13.5. The first-order valence-corrected chi connectivity index (χ1v) is 7.62. The van der Waals surface area contributed by atoms with Crippen molar-refractivity contribution in [2.75, 3.05) is 7.11 Å². The molecular formula is C18H21ClO2. The Hall–Kier alpha value is -1.67. The van der Waals surface area contributed by atoms with Gasteiger partial charge in [0.15, 0.2) is 11.5 Å². The summed E-state index contributed by atoms with van der Waals surface area (Å²) in [6.07, 6.45) is 0. The summed E-state index contributed by atoms with van der Waals surface area (Å²) >= 11 is 5.86. The van der Waals surface area contributed by atoms with Crippen molar-refractivity contribution < 1.29 is 9.47 Å². The number of hydrogen-bond donors (Lipinski definition) is 0. The van der Waals surface area contributed by atoms with Gasteiger partial charge in [0.25, 0.3) is 0 Å². The summed E-state index contributed by atoms with van der Waals surface area (Å²) in [6.45, 7) is 4.89. The first kappa shape index (κ1) is 15.7. The molecule has 0 amide bonds. The van der Waals surface area contributed by atoms with Gasteiger partial charge in [0.1, 0.15) is 6.61 Å². The van der Waals surface area contributed by atoms with Crippen molar-refractivity contribution in [2.24, 2.45) is 0 Å². The third-order valence-corrected chi connectivity index (χ3v) is 3.73. The molecular weight excluding hydrogens is 284 g/mol. The summed E-state index contributed by atoms with van der Waals surface area (Å²) in [5.74, 6) is 2.45. The molecule has 0 N–H and O–H groups in total. The smallest absolute Gasteiger partial charge is 0.161 e. The second-order valence-electron chi connectivity index (χ2n) is 5.30. The second kappa shape index (κ2) is 7.37. The van der Waals surface area contributed by atoms with Gasteiger partial charge in [-0.15, -0.1) is 11.6 Å². The summed E-state index contributed by atoms with van der Waals surface area (Å²) in [6, 6.07) is 14.3. The van der Waals surface area contributed by atoms with E-state index in [1.165, 1.54) is 5.56 Å². The lowest BCUT2D eigenvalue weighted by Gasteiger charge is -2.12. The molecule has 3 heteroatoms. The number of alkyl halides is 1. The van der Waals surface area contributed by atoms with Crippen molar-refractivity contribution in [2.45, 2.75) is 32.3 Å². The van der Waals surface area contributed by atoms with Crippen molar-refractivity contribution in [1.82, 2.24) is 0 Å². The van der Waals surface area contributed by atoms with Crippen LogP contribution < -0.4 is 9.47 Å². The van der Waals surface area contributed by atoms with Crippen LogP contribution in [-0.4, -0.2) is 7.11 Å². The Bertz CT molecular complexity index is 576. The summed E-state index contributed by atoms with van der Waals surface area (Å²) in [4.78, 5) is 0. The topological polar surface area (TPSA) is 18.5 Å². The Morgan fingerprint density at radius 3 is 2.19 bits per heavy atom. The van der Waals surface area contributed by atoms with Crippen molar-refractivity contribution >= 4 is 11.6 Å². The van der Waals surface area contributed by atoms with Crippen LogP contribution in [0.2, 0.25) is 0 Å². The highest BCUT2D eigenvalue weighted by molar-refractivity contribution is 6.17.